The van der Waals surface area contributed by atoms with Crippen LogP contribution in [0.2, 0.25) is 0 Å². The number of phenols is 1. The van der Waals surface area contributed by atoms with Gasteiger partial charge in [0.2, 0.25) is 0 Å². The van der Waals surface area contributed by atoms with Crippen molar-refractivity contribution in [2.24, 2.45) is 0 Å². The highest BCUT2D eigenvalue weighted by atomic mass is 79.9. The molecule has 1 heterocycles. The number of methoxy groups -OCH3 is 1. The van der Waals surface area contributed by atoms with Gasteiger partial charge in [0.15, 0.2) is 17.3 Å². The molecule has 2 aromatic rings. The SMILES string of the molecule is COc1cc(C=C2CCOc3ccc(F)cc3C2=O)cc(Br)c1O. The van der Waals surface area contributed by atoms with Gasteiger partial charge in [-0.15, -0.1) is 0 Å². The Bertz CT molecular complexity index is 845. The maximum atomic E-state index is 13.5. The molecule has 4 nitrogen and oxygen atoms in total. The van der Waals surface area contributed by atoms with Crippen molar-refractivity contribution in [2.45, 2.75) is 6.42 Å². The molecule has 2 aromatic carbocycles. The number of phenolic OH excluding ortho intramolecular Hbond substituents is 1. The zero-order valence-electron chi connectivity index (χ0n) is 12.8. The van der Waals surface area contributed by atoms with E-state index in [2.05, 4.69) is 15.9 Å². The molecule has 0 unspecified atom stereocenters. The molecule has 6 heteroatoms. The van der Waals surface area contributed by atoms with Crippen LogP contribution in [0.15, 0.2) is 40.4 Å². The van der Waals surface area contributed by atoms with Gasteiger partial charge in [-0.3, -0.25) is 4.79 Å². The van der Waals surface area contributed by atoms with Crippen LogP contribution in [0.3, 0.4) is 0 Å². The molecule has 0 radical (unpaired) electrons. The Morgan fingerprint density at radius 1 is 1.33 bits per heavy atom. The lowest BCUT2D eigenvalue weighted by Crippen LogP contribution is -2.02. The second-order valence-electron chi connectivity index (χ2n) is 5.29. The Kier molecular flexibility index (Phi) is 4.57. The number of fused-ring (bicyclic) bond motifs is 1. The third-order valence-electron chi connectivity index (χ3n) is 3.72. The highest BCUT2D eigenvalue weighted by Crippen LogP contribution is 2.36. The highest BCUT2D eigenvalue weighted by Gasteiger charge is 2.22. The minimum atomic E-state index is -0.485. The average molecular weight is 393 g/mol. The molecule has 0 atom stereocenters. The maximum Gasteiger partial charge on any atom is 0.192 e. The van der Waals surface area contributed by atoms with E-state index in [9.17, 15) is 14.3 Å². The fourth-order valence-electron chi connectivity index (χ4n) is 2.53. The number of halogens is 2. The lowest BCUT2D eigenvalue weighted by molar-refractivity contribution is 0.103. The van der Waals surface area contributed by atoms with Crippen LogP contribution in [0.5, 0.6) is 17.2 Å². The molecule has 1 aliphatic heterocycles. The molecule has 0 bridgehead atoms. The van der Waals surface area contributed by atoms with Gasteiger partial charge in [0.05, 0.1) is 23.8 Å². The molecule has 0 saturated carbocycles. The largest absolute Gasteiger partial charge is 0.503 e. The first-order valence-corrected chi connectivity index (χ1v) is 8.03. The van der Waals surface area contributed by atoms with E-state index in [4.69, 9.17) is 9.47 Å². The van der Waals surface area contributed by atoms with Crippen LogP contribution in [-0.4, -0.2) is 24.6 Å². The summed E-state index contributed by atoms with van der Waals surface area (Å²) >= 11 is 3.25. The van der Waals surface area contributed by atoms with Crippen LogP contribution in [-0.2, 0) is 0 Å². The van der Waals surface area contributed by atoms with E-state index in [1.807, 2.05) is 0 Å². The van der Waals surface area contributed by atoms with Crippen LogP contribution in [0.1, 0.15) is 22.3 Å². The average Bonchev–Trinajstić information content (AvgIpc) is 2.71. The number of carbonyl (C=O) groups is 1. The third kappa shape index (κ3) is 3.14. The summed E-state index contributed by atoms with van der Waals surface area (Å²) in [6, 6.07) is 7.22. The summed E-state index contributed by atoms with van der Waals surface area (Å²) in [7, 11) is 1.45. The quantitative estimate of drug-likeness (QED) is 0.771. The van der Waals surface area contributed by atoms with Gasteiger partial charge < -0.3 is 14.6 Å². The van der Waals surface area contributed by atoms with Gasteiger partial charge in [-0.25, -0.2) is 4.39 Å². The summed E-state index contributed by atoms with van der Waals surface area (Å²) in [5.41, 5.74) is 1.39. The van der Waals surface area contributed by atoms with E-state index in [1.54, 1.807) is 18.2 Å². The predicted molar refractivity (Wildman–Crippen MR) is 91.2 cm³/mol. The van der Waals surface area contributed by atoms with Crippen molar-refractivity contribution in [1.82, 2.24) is 0 Å². The van der Waals surface area contributed by atoms with Crippen molar-refractivity contribution in [1.29, 1.82) is 0 Å². The van der Waals surface area contributed by atoms with Gasteiger partial charge in [-0.05, 0) is 57.9 Å². The number of Topliss-reactive ketones (excluding diaryl/α,β-unsaturated/α-hetero) is 1. The second kappa shape index (κ2) is 6.65. The first-order chi connectivity index (χ1) is 11.5. The topological polar surface area (TPSA) is 55.8 Å². The minimum absolute atomic E-state index is 0.0115. The van der Waals surface area contributed by atoms with E-state index >= 15 is 0 Å². The molecule has 0 saturated heterocycles. The van der Waals surface area contributed by atoms with Crippen LogP contribution < -0.4 is 9.47 Å². The van der Waals surface area contributed by atoms with Crippen molar-refractivity contribution in [3.05, 3.63) is 57.3 Å². The standard InChI is InChI=1S/C18H14BrFO4/c1-23-16-8-10(7-14(19)18(16)22)6-11-4-5-24-15-3-2-12(20)9-13(15)17(11)21/h2-3,6-9,22H,4-5H2,1H3. The molecule has 124 valence electrons. The first-order valence-electron chi connectivity index (χ1n) is 7.23. The van der Waals surface area contributed by atoms with Crippen LogP contribution in [0.25, 0.3) is 6.08 Å². The number of carbonyl (C=O) groups excluding carboxylic acids is 1. The van der Waals surface area contributed by atoms with Crippen molar-refractivity contribution < 1.29 is 23.8 Å². The zero-order chi connectivity index (χ0) is 17.3. The van der Waals surface area contributed by atoms with E-state index in [0.29, 0.717) is 40.1 Å². The summed E-state index contributed by atoms with van der Waals surface area (Å²) in [5, 5.41) is 9.86. The molecular weight excluding hydrogens is 379 g/mol. The van der Waals surface area contributed by atoms with Gasteiger partial charge in [-0.2, -0.15) is 0 Å². The lowest BCUT2D eigenvalue weighted by atomic mass is 9.99. The van der Waals surface area contributed by atoms with Gasteiger partial charge >= 0.3 is 0 Å². The number of benzene rings is 2. The number of ketones is 1. The first kappa shape index (κ1) is 16.5. The molecule has 0 spiro atoms. The summed E-state index contributed by atoms with van der Waals surface area (Å²) < 4.78 is 24.6. The lowest BCUT2D eigenvalue weighted by Gasteiger charge is -2.08. The van der Waals surface area contributed by atoms with E-state index < -0.39 is 5.82 Å². The highest BCUT2D eigenvalue weighted by molar-refractivity contribution is 9.10. The zero-order valence-corrected chi connectivity index (χ0v) is 14.4. The number of hydrogen-bond donors (Lipinski definition) is 1. The Morgan fingerprint density at radius 2 is 2.12 bits per heavy atom. The Balaban J connectivity index is 2.04. The van der Waals surface area contributed by atoms with Crippen molar-refractivity contribution >= 4 is 27.8 Å². The van der Waals surface area contributed by atoms with Crippen LogP contribution >= 0.6 is 15.9 Å². The maximum absolute atomic E-state index is 13.5. The molecule has 3 rings (SSSR count). The smallest absolute Gasteiger partial charge is 0.192 e. The fourth-order valence-corrected chi connectivity index (χ4v) is 2.99. The van der Waals surface area contributed by atoms with Crippen LogP contribution in [0, 0.1) is 5.82 Å². The summed E-state index contributed by atoms with van der Waals surface area (Å²) in [4.78, 5) is 12.7. The summed E-state index contributed by atoms with van der Waals surface area (Å²) in [6.45, 7) is 0.326. The second-order valence-corrected chi connectivity index (χ2v) is 6.15. The monoisotopic (exact) mass is 392 g/mol. The van der Waals surface area contributed by atoms with Gasteiger partial charge in [-0.1, -0.05) is 0 Å². The van der Waals surface area contributed by atoms with Gasteiger partial charge in [0, 0.05) is 12.0 Å². The number of hydrogen-bond acceptors (Lipinski definition) is 4. The van der Waals surface area contributed by atoms with Crippen molar-refractivity contribution in [3.63, 3.8) is 0 Å². The Labute approximate surface area is 146 Å². The summed E-state index contributed by atoms with van der Waals surface area (Å²) in [5.74, 6) is -0.0944. The molecule has 0 amide bonds. The van der Waals surface area contributed by atoms with Gasteiger partial charge in [0.25, 0.3) is 0 Å². The van der Waals surface area contributed by atoms with E-state index in [1.165, 1.54) is 25.3 Å². The molecular formula is C18H14BrFO4. The Hall–Kier alpha value is -2.34. The Morgan fingerprint density at radius 3 is 2.88 bits per heavy atom. The van der Waals surface area contributed by atoms with Crippen molar-refractivity contribution in [2.75, 3.05) is 13.7 Å². The van der Waals surface area contributed by atoms with Crippen LogP contribution in [0.4, 0.5) is 4.39 Å². The third-order valence-corrected chi connectivity index (χ3v) is 4.32. The normalized spacial score (nSPS) is 15.6. The molecule has 24 heavy (non-hydrogen) atoms. The molecule has 0 aliphatic carbocycles. The molecule has 1 N–H and O–H groups in total. The van der Waals surface area contributed by atoms with E-state index in [-0.39, 0.29) is 17.1 Å². The number of ether oxygens (including phenoxy) is 2. The van der Waals surface area contributed by atoms with Crippen molar-refractivity contribution in [3.8, 4) is 17.2 Å². The van der Waals surface area contributed by atoms with E-state index in [0.717, 1.165) is 0 Å². The predicted octanol–water partition coefficient (Wildman–Crippen LogP) is 4.35. The minimum Gasteiger partial charge on any atom is -0.503 e. The number of aromatic hydroxyl groups is 1. The summed E-state index contributed by atoms with van der Waals surface area (Å²) in [6.07, 6.45) is 2.09. The molecule has 0 fully saturated rings. The molecule has 1 aliphatic rings. The molecule has 0 aromatic heterocycles. The van der Waals surface area contributed by atoms with Gasteiger partial charge in [0.1, 0.15) is 11.6 Å². The fraction of sp³-hybridized carbons (Fsp3) is 0.167. The number of rotatable bonds is 2.